The Balaban J connectivity index is 1.76. The van der Waals surface area contributed by atoms with Crippen LogP contribution in [0, 0.1) is 11.3 Å². The number of nitrogens with one attached hydrogen (secondary N) is 1. The second-order valence-corrected chi connectivity index (χ2v) is 11.7. The van der Waals surface area contributed by atoms with E-state index in [4.69, 9.17) is 5.73 Å². The zero-order valence-corrected chi connectivity index (χ0v) is 20.3. The summed E-state index contributed by atoms with van der Waals surface area (Å²) < 4.78 is 0. The van der Waals surface area contributed by atoms with Gasteiger partial charge in [0.2, 0.25) is 5.91 Å². The van der Waals surface area contributed by atoms with Crippen molar-refractivity contribution >= 4 is 34.2 Å². The van der Waals surface area contributed by atoms with E-state index in [1.165, 1.54) is 27.9 Å². The van der Waals surface area contributed by atoms with E-state index in [9.17, 15) is 9.59 Å². The van der Waals surface area contributed by atoms with Crippen LogP contribution in [-0.4, -0.2) is 11.8 Å². The van der Waals surface area contributed by atoms with Gasteiger partial charge >= 0.3 is 0 Å². The molecule has 2 amide bonds. The summed E-state index contributed by atoms with van der Waals surface area (Å²) in [6, 6.07) is 8.19. The van der Waals surface area contributed by atoms with Gasteiger partial charge in [0.25, 0.3) is 5.91 Å². The average Bonchev–Trinajstić information content (AvgIpc) is 3.02. The average molecular weight is 439 g/mol. The molecule has 1 aliphatic rings. The maximum Gasteiger partial charge on any atom is 0.251 e. The zero-order chi connectivity index (χ0) is 23.0. The van der Waals surface area contributed by atoms with Gasteiger partial charge in [-0.1, -0.05) is 65.8 Å². The SMILES string of the molecule is CC(C)(C)c1ccc(C=CC(=O)Nc2sc3c(c2C(N)=O)CCC(C(C)(C)C)C3)cc1. The lowest BCUT2D eigenvalue weighted by Gasteiger charge is -2.33. The van der Waals surface area contributed by atoms with Crippen molar-refractivity contribution in [1.82, 2.24) is 0 Å². The van der Waals surface area contributed by atoms with Crippen molar-refractivity contribution in [1.29, 1.82) is 0 Å². The highest BCUT2D eigenvalue weighted by molar-refractivity contribution is 7.17. The number of thiophene rings is 1. The molecule has 4 nitrogen and oxygen atoms in total. The number of anilines is 1. The minimum absolute atomic E-state index is 0.0923. The van der Waals surface area contributed by atoms with Crippen molar-refractivity contribution in [3.8, 4) is 0 Å². The number of nitrogens with two attached hydrogens (primary N) is 1. The van der Waals surface area contributed by atoms with E-state index >= 15 is 0 Å². The molecule has 0 spiro atoms. The van der Waals surface area contributed by atoms with E-state index in [1.54, 1.807) is 6.08 Å². The Morgan fingerprint density at radius 3 is 2.29 bits per heavy atom. The van der Waals surface area contributed by atoms with Gasteiger partial charge in [0.05, 0.1) is 5.56 Å². The van der Waals surface area contributed by atoms with E-state index in [2.05, 4.69) is 59.0 Å². The lowest BCUT2D eigenvalue weighted by atomic mass is 9.72. The van der Waals surface area contributed by atoms with Crippen LogP contribution in [0.15, 0.2) is 30.3 Å². The Hall–Kier alpha value is -2.40. The summed E-state index contributed by atoms with van der Waals surface area (Å²) in [5.41, 5.74) is 9.71. The summed E-state index contributed by atoms with van der Waals surface area (Å²) in [4.78, 5) is 25.9. The molecule has 31 heavy (non-hydrogen) atoms. The topological polar surface area (TPSA) is 72.2 Å². The van der Waals surface area contributed by atoms with Gasteiger partial charge in [0.1, 0.15) is 5.00 Å². The summed E-state index contributed by atoms with van der Waals surface area (Å²) >= 11 is 1.50. The molecule has 3 rings (SSSR count). The molecule has 1 aliphatic carbocycles. The maximum absolute atomic E-state index is 12.6. The third-order valence-electron chi connectivity index (χ3n) is 6.18. The first-order valence-electron chi connectivity index (χ1n) is 10.9. The van der Waals surface area contributed by atoms with Crippen molar-refractivity contribution in [3.63, 3.8) is 0 Å². The van der Waals surface area contributed by atoms with Crippen molar-refractivity contribution in [2.75, 3.05) is 5.32 Å². The predicted octanol–water partition coefficient (Wildman–Crippen LogP) is 5.95. The van der Waals surface area contributed by atoms with Gasteiger partial charge in [-0.2, -0.15) is 0 Å². The maximum atomic E-state index is 12.6. The molecule has 0 radical (unpaired) electrons. The first kappa shape index (κ1) is 23.3. The molecule has 1 unspecified atom stereocenters. The Morgan fingerprint density at radius 2 is 1.74 bits per heavy atom. The zero-order valence-electron chi connectivity index (χ0n) is 19.5. The molecule has 0 saturated carbocycles. The van der Waals surface area contributed by atoms with Gasteiger partial charge in [-0.3, -0.25) is 9.59 Å². The Labute approximate surface area is 189 Å². The van der Waals surface area contributed by atoms with Crippen molar-refractivity contribution in [2.24, 2.45) is 17.1 Å². The molecule has 5 heteroatoms. The number of fused-ring (bicyclic) bond motifs is 1. The fraction of sp³-hybridized carbons (Fsp3) is 0.462. The first-order valence-corrected chi connectivity index (χ1v) is 11.7. The lowest BCUT2D eigenvalue weighted by molar-refractivity contribution is -0.111. The van der Waals surface area contributed by atoms with E-state index in [-0.39, 0.29) is 16.7 Å². The number of amides is 2. The van der Waals surface area contributed by atoms with Gasteiger partial charge in [-0.05, 0) is 58.8 Å². The third kappa shape index (κ3) is 5.45. The van der Waals surface area contributed by atoms with Crippen LogP contribution in [-0.2, 0) is 23.1 Å². The predicted molar refractivity (Wildman–Crippen MR) is 131 cm³/mol. The van der Waals surface area contributed by atoms with Crippen LogP contribution in [0.3, 0.4) is 0 Å². The number of rotatable bonds is 4. The van der Waals surface area contributed by atoms with Crippen molar-refractivity contribution < 1.29 is 9.59 Å². The molecule has 2 aromatic rings. The highest BCUT2D eigenvalue weighted by Gasteiger charge is 2.33. The smallest absolute Gasteiger partial charge is 0.251 e. The number of carbonyl (C=O) groups excluding carboxylic acids is 2. The van der Waals surface area contributed by atoms with Gasteiger partial charge < -0.3 is 11.1 Å². The molecule has 166 valence electrons. The molecular formula is C26H34N2O2S. The van der Waals surface area contributed by atoms with Crippen molar-refractivity contribution in [2.45, 2.75) is 66.2 Å². The summed E-state index contributed by atoms with van der Waals surface area (Å²) in [5.74, 6) is -0.170. The molecule has 1 heterocycles. The second-order valence-electron chi connectivity index (χ2n) is 10.6. The third-order valence-corrected chi connectivity index (χ3v) is 7.35. The second kappa shape index (κ2) is 8.62. The number of hydrogen-bond donors (Lipinski definition) is 2. The van der Waals surface area contributed by atoms with Crippen LogP contribution in [0.4, 0.5) is 5.00 Å². The summed E-state index contributed by atoms with van der Waals surface area (Å²) in [6.45, 7) is 13.3. The van der Waals surface area contributed by atoms with Gasteiger partial charge in [0, 0.05) is 11.0 Å². The molecular weight excluding hydrogens is 404 g/mol. The van der Waals surface area contributed by atoms with Crippen LogP contribution in [0.5, 0.6) is 0 Å². The van der Waals surface area contributed by atoms with E-state index < -0.39 is 5.91 Å². The van der Waals surface area contributed by atoms with Crippen LogP contribution >= 0.6 is 11.3 Å². The molecule has 0 aliphatic heterocycles. The Morgan fingerprint density at radius 1 is 1.10 bits per heavy atom. The fourth-order valence-corrected chi connectivity index (χ4v) is 5.43. The minimum Gasteiger partial charge on any atom is -0.365 e. The Bertz CT molecular complexity index is 1000. The standard InChI is InChI=1S/C26H34N2O2S/c1-25(2,3)17-10-7-16(8-11-17)9-14-21(29)28-24-22(23(27)30)19-13-12-18(26(4,5)6)15-20(19)31-24/h7-11,14,18H,12-13,15H2,1-6H3,(H2,27,30)(H,28,29). The summed E-state index contributed by atoms with van der Waals surface area (Å²) in [6.07, 6.45) is 6.08. The van der Waals surface area contributed by atoms with E-state index in [0.29, 0.717) is 16.5 Å². The fourth-order valence-electron chi connectivity index (χ4n) is 4.09. The number of benzene rings is 1. The number of carbonyl (C=O) groups is 2. The first-order chi connectivity index (χ1) is 14.4. The monoisotopic (exact) mass is 438 g/mol. The van der Waals surface area contributed by atoms with Crippen LogP contribution in [0.2, 0.25) is 0 Å². The van der Waals surface area contributed by atoms with Gasteiger partial charge in [-0.15, -0.1) is 11.3 Å². The highest BCUT2D eigenvalue weighted by atomic mass is 32.1. The highest BCUT2D eigenvalue weighted by Crippen LogP contribution is 2.44. The van der Waals surface area contributed by atoms with E-state index in [0.717, 1.165) is 30.4 Å². The summed E-state index contributed by atoms with van der Waals surface area (Å²) in [7, 11) is 0. The molecule has 0 saturated heterocycles. The van der Waals surface area contributed by atoms with Crippen LogP contribution < -0.4 is 11.1 Å². The molecule has 1 aromatic carbocycles. The molecule has 3 N–H and O–H groups in total. The summed E-state index contributed by atoms with van der Waals surface area (Å²) in [5, 5.41) is 3.47. The van der Waals surface area contributed by atoms with E-state index in [1.807, 2.05) is 12.1 Å². The van der Waals surface area contributed by atoms with Crippen LogP contribution in [0.1, 0.15) is 79.9 Å². The van der Waals surface area contributed by atoms with Crippen molar-refractivity contribution in [3.05, 3.63) is 57.5 Å². The minimum atomic E-state index is -0.469. The molecule has 1 atom stereocenters. The van der Waals surface area contributed by atoms with Gasteiger partial charge in [0.15, 0.2) is 0 Å². The normalized spacial score (nSPS) is 16.9. The molecule has 1 aromatic heterocycles. The lowest BCUT2D eigenvalue weighted by Crippen LogP contribution is -2.27. The largest absolute Gasteiger partial charge is 0.365 e. The number of primary amides is 1. The van der Waals surface area contributed by atoms with Gasteiger partial charge in [-0.25, -0.2) is 0 Å². The molecule has 0 fully saturated rings. The quantitative estimate of drug-likeness (QED) is 0.579. The molecule has 0 bridgehead atoms. The van der Waals surface area contributed by atoms with Crippen LogP contribution in [0.25, 0.3) is 6.08 Å². The Kier molecular flexibility index (Phi) is 6.47. The number of hydrogen-bond acceptors (Lipinski definition) is 3.